The average Bonchev–Trinajstić information content (AvgIpc) is 2.70. The summed E-state index contributed by atoms with van der Waals surface area (Å²) in [6, 6.07) is 7.50. The third kappa shape index (κ3) is 1.53. The summed E-state index contributed by atoms with van der Waals surface area (Å²) in [6.45, 7) is 4.73. The lowest BCUT2D eigenvalue weighted by Crippen LogP contribution is -2.42. The van der Waals surface area contributed by atoms with Crippen molar-refractivity contribution >= 4 is 11.3 Å². The fourth-order valence-electron chi connectivity index (χ4n) is 4.41. The second-order valence-corrected chi connectivity index (χ2v) is 6.61. The minimum absolute atomic E-state index is 0.635. The van der Waals surface area contributed by atoms with E-state index in [2.05, 4.69) is 55.1 Å². The molecule has 4 rings (SSSR count). The number of hydrogen-bond acceptors (Lipinski definition) is 2. The Hall–Kier alpha value is -1.28. The first-order chi connectivity index (χ1) is 9.15. The highest BCUT2D eigenvalue weighted by molar-refractivity contribution is 5.81. The lowest BCUT2D eigenvalue weighted by atomic mass is 9.75. The first kappa shape index (κ1) is 11.5. The van der Waals surface area contributed by atoms with Gasteiger partial charge in [-0.25, -0.2) is 0 Å². The van der Waals surface area contributed by atoms with E-state index in [-0.39, 0.29) is 0 Å². The Morgan fingerprint density at radius 2 is 2.00 bits per heavy atom. The zero-order valence-electron chi connectivity index (χ0n) is 12.1. The Morgan fingerprint density at radius 3 is 2.84 bits per heavy atom. The highest BCUT2D eigenvalue weighted by Gasteiger charge is 2.40. The largest absolute Gasteiger partial charge is 0.374 e. The van der Waals surface area contributed by atoms with Crippen LogP contribution in [0.2, 0.25) is 0 Å². The molecule has 2 heterocycles. The fourth-order valence-corrected chi connectivity index (χ4v) is 4.41. The number of hydrogen-bond donors (Lipinski definition) is 0. The predicted octanol–water partition coefficient (Wildman–Crippen LogP) is 2.96. The van der Waals surface area contributed by atoms with Gasteiger partial charge in [-0.05, 0) is 42.2 Å². The van der Waals surface area contributed by atoms with Crippen LogP contribution in [-0.4, -0.2) is 38.1 Å². The van der Waals surface area contributed by atoms with Crippen molar-refractivity contribution in [2.75, 3.05) is 32.1 Å². The Bertz CT molecular complexity index is 560. The molecule has 0 unspecified atom stereocenters. The summed E-state index contributed by atoms with van der Waals surface area (Å²) in [5.74, 6) is 1.40. The smallest absolute Gasteiger partial charge is 0.0406 e. The average molecular weight is 254 g/mol. The van der Waals surface area contributed by atoms with E-state index < -0.39 is 0 Å². The molecule has 100 valence electrons. The van der Waals surface area contributed by atoms with Gasteiger partial charge in [-0.1, -0.05) is 25.1 Å². The minimum atomic E-state index is 0.635. The molecule has 3 aliphatic rings. The van der Waals surface area contributed by atoms with Crippen LogP contribution in [0, 0.1) is 5.92 Å². The third-order valence-corrected chi connectivity index (χ3v) is 5.15. The molecule has 0 saturated carbocycles. The van der Waals surface area contributed by atoms with Crippen LogP contribution in [0.15, 0.2) is 24.3 Å². The highest BCUT2D eigenvalue weighted by Crippen LogP contribution is 2.49. The molecule has 2 nitrogen and oxygen atoms in total. The van der Waals surface area contributed by atoms with Gasteiger partial charge in [0.05, 0.1) is 0 Å². The van der Waals surface area contributed by atoms with Gasteiger partial charge in [0, 0.05) is 37.8 Å². The third-order valence-electron chi connectivity index (χ3n) is 5.15. The molecule has 1 aromatic rings. The Balaban J connectivity index is 1.92. The summed E-state index contributed by atoms with van der Waals surface area (Å²) >= 11 is 0. The van der Waals surface area contributed by atoms with Crippen LogP contribution in [0.5, 0.6) is 0 Å². The molecule has 2 aliphatic heterocycles. The summed E-state index contributed by atoms with van der Waals surface area (Å²) in [5, 5.41) is 0. The van der Waals surface area contributed by atoms with Gasteiger partial charge in [0.2, 0.25) is 0 Å². The minimum Gasteiger partial charge on any atom is -0.374 e. The fraction of sp³-hybridized carbons (Fsp3) is 0.529. The maximum atomic E-state index is 2.56. The van der Waals surface area contributed by atoms with Crippen molar-refractivity contribution in [2.24, 2.45) is 5.92 Å². The maximum Gasteiger partial charge on any atom is 0.0406 e. The van der Waals surface area contributed by atoms with Crippen LogP contribution in [-0.2, 0) is 0 Å². The lowest BCUT2D eigenvalue weighted by Gasteiger charge is -2.41. The number of anilines is 1. The lowest BCUT2D eigenvalue weighted by molar-refractivity contribution is 0.233. The monoisotopic (exact) mass is 254 g/mol. The van der Waals surface area contributed by atoms with Gasteiger partial charge in [0.25, 0.3) is 0 Å². The van der Waals surface area contributed by atoms with Crippen LogP contribution < -0.4 is 4.90 Å². The van der Waals surface area contributed by atoms with Crippen LogP contribution in [0.3, 0.4) is 0 Å². The van der Waals surface area contributed by atoms with Gasteiger partial charge in [-0.3, -0.25) is 4.90 Å². The SMILES string of the molecule is C[C@@H]1C=C2c3cccc4c3[C@H](C[C@H]2N(C)C1)CN4C. The summed E-state index contributed by atoms with van der Waals surface area (Å²) in [7, 11) is 4.53. The molecule has 0 saturated heterocycles. The number of benzene rings is 1. The van der Waals surface area contributed by atoms with E-state index in [1.54, 1.807) is 11.1 Å². The van der Waals surface area contributed by atoms with E-state index in [1.807, 2.05) is 0 Å². The molecule has 0 bridgehead atoms. The number of likely N-dealkylation sites (N-methyl/N-ethyl adjacent to an activating group) is 2. The standard InChI is InChI=1S/C17H22N2/c1-11-7-14-13-5-4-6-15-17(13)12(10-19(15)3)8-16(14)18(2)9-11/h4-7,11-12,16H,8-10H2,1-3H3/t11-,12-,16-/m1/s1. The molecule has 0 N–H and O–H groups in total. The van der Waals surface area contributed by atoms with Crippen molar-refractivity contribution in [3.8, 4) is 0 Å². The summed E-state index contributed by atoms with van der Waals surface area (Å²) in [5.41, 5.74) is 6.20. The van der Waals surface area contributed by atoms with E-state index in [0.717, 1.165) is 5.92 Å². The molecule has 1 aromatic carbocycles. The molecule has 0 amide bonds. The van der Waals surface area contributed by atoms with E-state index in [0.29, 0.717) is 12.0 Å². The van der Waals surface area contributed by atoms with Crippen LogP contribution >= 0.6 is 0 Å². The van der Waals surface area contributed by atoms with Gasteiger partial charge >= 0.3 is 0 Å². The van der Waals surface area contributed by atoms with Crippen molar-refractivity contribution in [2.45, 2.75) is 25.3 Å². The molecule has 3 atom stereocenters. The van der Waals surface area contributed by atoms with Crippen molar-refractivity contribution in [1.29, 1.82) is 0 Å². The van der Waals surface area contributed by atoms with E-state index in [1.165, 1.54) is 30.8 Å². The second-order valence-electron chi connectivity index (χ2n) is 6.61. The Kier molecular flexibility index (Phi) is 2.34. The highest BCUT2D eigenvalue weighted by atomic mass is 15.2. The van der Waals surface area contributed by atoms with E-state index in [9.17, 15) is 0 Å². The van der Waals surface area contributed by atoms with Gasteiger partial charge in [0.1, 0.15) is 0 Å². The van der Waals surface area contributed by atoms with Gasteiger partial charge in [-0.2, -0.15) is 0 Å². The molecule has 1 aliphatic carbocycles. The van der Waals surface area contributed by atoms with Crippen LogP contribution in [0.4, 0.5) is 5.69 Å². The summed E-state index contributed by atoms with van der Waals surface area (Å²) in [4.78, 5) is 5.00. The van der Waals surface area contributed by atoms with Gasteiger partial charge in [-0.15, -0.1) is 0 Å². The molecular formula is C17H22N2. The van der Waals surface area contributed by atoms with E-state index >= 15 is 0 Å². The van der Waals surface area contributed by atoms with Crippen molar-refractivity contribution < 1.29 is 0 Å². The van der Waals surface area contributed by atoms with Crippen LogP contribution in [0.25, 0.3) is 5.57 Å². The summed E-state index contributed by atoms with van der Waals surface area (Å²) < 4.78 is 0. The maximum absolute atomic E-state index is 2.56. The van der Waals surface area contributed by atoms with Crippen molar-refractivity contribution in [3.63, 3.8) is 0 Å². The molecule has 0 fully saturated rings. The zero-order valence-corrected chi connectivity index (χ0v) is 12.1. The molecule has 0 spiro atoms. The zero-order chi connectivity index (χ0) is 13.1. The molecular weight excluding hydrogens is 232 g/mol. The van der Waals surface area contributed by atoms with E-state index in [4.69, 9.17) is 0 Å². The van der Waals surface area contributed by atoms with Crippen molar-refractivity contribution in [3.05, 3.63) is 35.4 Å². The number of fused-ring (bicyclic) bond motifs is 2. The van der Waals surface area contributed by atoms with Crippen LogP contribution in [0.1, 0.15) is 30.4 Å². The predicted molar refractivity (Wildman–Crippen MR) is 80.6 cm³/mol. The van der Waals surface area contributed by atoms with Crippen molar-refractivity contribution in [1.82, 2.24) is 4.90 Å². The first-order valence-electron chi connectivity index (χ1n) is 7.41. The van der Waals surface area contributed by atoms with Gasteiger partial charge < -0.3 is 4.90 Å². The molecule has 2 heteroatoms. The molecule has 0 radical (unpaired) electrons. The topological polar surface area (TPSA) is 6.48 Å². The molecule has 19 heavy (non-hydrogen) atoms. The molecule has 0 aromatic heterocycles. The normalized spacial score (nSPS) is 32.9. The number of nitrogens with zero attached hydrogens (tertiary/aromatic N) is 2. The quantitative estimate of drug-likeness (QED) is 0.702. The Labute approximate surface area is 115 Å². The van der Waals surface area contributed by atoms with Gasteiger partial charge in [0.15, 0.2) is 0 Å². The first-order valence-corrected chi connectivity index (χ1v) is 7.41. The number of rotatable bonds is 0. The summed E-state index contributed by atoms with van der Waals surface area (Å²) in [6.07, 6.45) is 3.82. The second kappa shape index (κ2) is 3.86. The Morgan fingerprint density at radius 1 is 1.16 bits per heavy atom.